The number of carbonyl (C=O) groups is 2. The standard InChI is InChI=1S/C21H20F2O6.K/c1-20(2)27-12-16(29-20)17(21(22,23)19(25)26)28-18(24)15-11-7-6-10-14(15)13-8-4-3-5-9-13;/h3-11,16-17H,12H2,1-2H3,(H,25,26);/q;+1/p-1/t16-,17?;/m1./s1. The van der Waals surface area contributed by atoms with Gasteiger partial charge in [-0.1, -0.05) is 48.5 Å². The third kappa shape index (κ3) is 5.53. The summed E-state index contributed by atoms with van der Waals surface area (Å²) in [6, 6.07) is 15.1. The monoisotopic (exact) mass is 444 g/mol. The van der Waals surface area contributed by atoms with Crippen molar-refractivity contribution >= 4 is 11.9 Å². The van der Waals surface area contributed by atoms with E-state index < -0.39 is 35.9 Å². The van der Waals surface area contributed by atoms with E-state index in [-0.39, 0.29) is 63.6 Å². The molecule has 2 aromatic carbocycles. The van der Waals surface area contributed by atoms with Gasteiger partial charge in [0.05, 0.1) is 12.2 Å². The maximum absolute atomic E-state index is 14.3. The second kappa shape index (κ2) is 9.95. The van der Waals surface area contributed by atoms with Crippen LogP contribution in [0.5, 0.6) is 0 Å². The van der Waals surface area contributed by atoms with Crippen LogP contribution in [0.3, 0.4) is 0 Å². The Bertz CT molecular complexity index is 903. The van der Waals surface area contributed by atoms with Crippen LogP contribution in [0.1, 0.15) is 24.2 Å². The molecular formula is C21H19F2KO6. The number of alkyl halides is 2. The fourth-order valence-electron chi connectivity index (χ4n) is 3.07. The van der Waals surface area contributed by atoms with Gasteiger partial charge in [-0.25, -0.2) is 4.79 Å². The summed E-state index contributed by atoms with van der Waals surface area (Å²) in [4.78, 5) is 23.8. The molecule has 1 aliphatic heterocycles. The zero-order chi connectivity index (χ0) is 21.2. The number of esters is 1. The number of aliphatic carboxylic acids is 1. The third-order valence-electron chi connectivity index (χ3n) is 4.46. The quantitative estimate of drug-likeness (QED) is 0.438. The molecule has 0 bridgehead atoms. The van der Waals surface area contributed by atoms with E-state index in [9.17, 15) is 23.5 Å². The molecule has 0 saturated carbocycles. The molecule has 6 nitrogen and oxygen atoms in total. The average molecular weight is 444 g/mol. The van der Waals surface area contributed by atoms with Crippen LogP contribution >= 0.6 is 0 Å². The smallest absolute Gasteiger partial charge is 0.544 e. The number of carboxylic acids is 1. The predicted molar refractivity (Wildman–Crippen MR) is 95.9 cm³/mol. The van der Waals surface area contributed by atoms with Crippen LogP contribution in [0.15, 0.2) is 54.6 Å². The Labute approximate surface area is 214 Å². The molecule has 3 rings (SSSR count). The van der Waals surface area contributed by atoms with Gasteiger partial charge in [-0.15, -0.1) is 0 Å². The molecule has 154 valence electrons. The minimum atomic E-state index is -4.48. The van der Waals surface area contributed by atoms with Gasteiger partial charge in [0, 0.05) is 0 Å². The van der Waals surface area contributed by atoms with Gasteiger partial charge in [0.1, 0.15) is 12.1 Å². The first-order valence-corrected chi connectivity index (χ1v) is 8.88. The van der Waals surface area contributed by atoms with E-state index in [0.717, 1.165) is 0 Å². The first-order valence-electron chi connectivity index (χ1n) is 8.88. The van der Waals surface area contributed by atoms with Crippen molar-refractivity contribution < 1.29 is 89.1 Å². The van der Waals surface area contributed by atoms with Crippen molar-refractivity contribution in [2.45, 2.75) is 37.8 Å². The molecule has 1 fully saturated rings. The van der Waals surface area contributed by atoms with E-state index in [1.54, 1.807) is 48.5 Å². The van der Waals surface area contributed by atoms with E-state index in [1.165, 1.54) is 19.9 Å². The van der Waals surface area contributed by atoms with Gasteiger partial charge in [0.2, 0.25) is 0 Å². The number of carbonyl (C=O) groups excluding carboxylic acids is 2. The molecule has 30 heavy (non-hydrogen) atoms. The maximum Gasteiger partial charge on any atom is 1.00 e. The Balaban J connectivity index is 0.00000320. The van der Waals surface area contributed by atoms with Gasteiger partial charge in [-0.05, 0) is 31.0 Å². The molecule has 2 aromatic rings. The second-order valence-corrected chi connectivity index (χ2v) is 7.02. The number of carboxylic acid groups (broad SMARTS) is 1. The van der Waals surface area contributed by atoms with Crippen LogP contribution in [0.2, 0.25) is 0 Å². The van der Waals surface area contributed by atoms with E-state index >= 15 is 0 Å². The molecule has 2 atom stereocenters. The first kappa shape index (κ1) is 25.1. The Kier molecular flexibility index (Phi) is 8.31. The van der Waals surface area contributed by atoms with Gasteiger partial charge in [-0.2, -0.15) is 8.78 Å². The summed E-state index contributed by atoms with van der Waals surface area (Å²) < 4.78 is 44.2. The Morgan fingerprint density at radius 2 is 1.73 bits per heavy atom. The van der Waals surface area contributed by atoms with E-state index in [1.807, 2.05) is 0 Å². The number of benzene rings is 2. The number of ether oxygens (including phenoxy) is 3. The summed E-state index contributed by atoms with van der Waals surface area (Å²) in [6.45, 7) is 2.59. The van der Waals surface area contributed by atoms with E-state index in [4.69, 9.17) is 14.2 Å². The van der Waals surface area contributed by atoms with Gasteiger partial charge in [0.25, 0.3) is 0 Å². The second-order valence-electron chi connectivity index (χ2n) is 7.02. The SMILES string of the molecule is CC1(C)OC[C@H](C(OC(=O)c2ccccc2-c2ccccc2)C(F)(F)C(=O)[O-])O1.[K+]. The number of halogens is 2. The molecule has 1 saturated heterocycles. The largest absolute Gasteiger partial charge is 1.00 e. The van der Waals surface area contributed by atoms with Gasteiger partial charge < -0.3 is 24.1 Å². The van der Waals surface area contributed by atoms with Crippen LogP contribution in [-0.2, 0) is 19.0 Å². The fraction of sp³-hybridized carbons (Fsp3) is 0.333. The van der Waals surface area contributed by atoms with Crippen molar-refractivity contribution in [2.24, 2.45) is 0 Å². The molecule has 0 amide bonds. The third-order valence-corrected chi connectivity index (χ3v) is 4.46. The van der Waals surface area contributed by atoms with Gasteiger partial charge >= 0.3 is 63.3 Å². The summed E-state index contributed by atoms with van der Waals surface area (Å²) in [5.41, 5.74) is 1.14. The molecule has 1 heterocycles. The first-order chi connectivity index (χ1) is 13.6. The molecule has 0 N–H and O–H groups in total. The van der Waals surface area contributed by atoms with Gasteiger partial charge in [-0.3, -0.25) is 0 Å². The molecule has 1 aliphatic rings. The molecule has 1 unspecified atom stereocenters. The van der Waals surface area contributed by atoms with Crippen molar-refractivity contribution in [2.75, 3.05) is 6.61 Å². The predicted octanol–water partition coefficient (Wildman–Crippen LogP) is -0.580. The van der Waals surface area contributed by atoms with Crippen molar-refractivity contribution in [3.05, 3.63) is 60.2 Å². The van der Waals surface area contributed by atoms with Crippen molar-refractivity contribution in [3.63, 3.8) is 0 Å². The van der Waals surface area contributed by atoms with Crippen molar-refractivity contribution in [3.8, 4) is 11.1 Å². The summed E-state index contributed by atoms with van der Waals surface area (Å²) in [5.74, 6) is -9.48. The molecule has 0 aliphatic carbocycles. The average Bonchev–Trinajstić information content (AvgIpc) is 3.05. The normalized spacial score (nSPS) is 18.9. The van der Waals surface area contributed by atoms with E-state index in [2.05, 4.69) is 0 Å². The maximum atomic E-state index is 14.3. The minimum Gasteiger partial charge on any atom is -0.544 e. The van der Waals surface area contributed by atoms with Crippen LogP contribution in [0.4, 0.5) is 8.78 Å². The Hall–Kier alpha value is -1.20. The zero-order valence-electron chi connectivity index (χ0n) is 16.8. The van der Waals surface area contributed by atoms with Crippen LogP contribution < -0.4 is 56.5 Å². The fourth-order valence-corrected chi connectivity index (χ4v) is 3.07. The number of hydrogen-bond acceptors (Lipinski definition) is 6. The van der Waals surface area contributed by atoms with Crippen molar-refractivity contribution in [1.29, 1.82) is 0 Å². The topological polar surface area (TPSA) is 84.9 Å². The number of hydrogen-bond donors (Lipinski definition) is 0. The number of rotatable bonds is 6. The van der Waals surface area contributed by atoms with Crippen LogP contribution in [-0.4, -0.2) is 42.5 Å². The molecular weight excluding hydrogens is 425 g/mol. The summed E-state index contributed by atoms with van der Waals surface area (Å²) in [6.07, 6.45) is -3.91. The molecule has 0 radical (unpaired) electrons. The van der Waals surface area contributed by atoms with E-state index in [0.29, 0.717) is 11.1 Å². The molecule has 9 heteroatoms. The minimum absolute atomic E-state index is 0. The van der Waals surface area contributed by atoms with Gasteiger partial charge in [0.15, 0.2) is 11.9 Å². The Morgan fingerprint density at radius 1 is 1.13 bits per heavy atom. The van der Waals surface area contributed by atoms with Crippen LogP contribution in [0.25, 0.3) is 11.1 Å². The summed E-state index contributed by atoms with van der Waals surface area (Å²) in [5, 5.41) is 11.0. The summed E-state index contributed by atoms with van der Waals surface area (Å²) in [7, 11) is 0. The van der Waals surface area contributed by atoms with Crippen molar-refractivity contribution in [1.82, 2.24) is 0 Å². The summed E-state index contributed by atoms with van der Waals surface area (Å²) >= 11 is 0. The van der Waals surface area contributed by atoms with Crippen LogP contribution in [0, 0.1) is 0 Å². The molecule has 0 spiro atoms. The zero-order valence-corrected chi connectivity index (χ0v) is 19.9. The molecule has 0 aromatic heterocycles. The Morgan fingerprint density at radius 3 is 2.30 bits per heavy atom.